The highest BCUT2D eigenvalue weighted by Crippen LogP contribution is 2.12. The van der Waals surface area contributed by atoms with Crippen molar-refractivity contribution in [1.29, 1.82) is 0 Å². The van der Waals surface area contributed by atoms with Crippen LogP contribution >= 0.6 is 0 Å². The maximum Gasteiger partial charge on any atom is 0.133 e. The molecule has 10 heavy (non-hydrogen) atoms. The molecule has 56 valence electrons. The minimum atomic E-state index is 0.0254. The smallest absolute Gasteiger partial charge is 0.133 e. The second kappa shape index (κ2) is 2.84. The molecule has 3 nitrogen and oxygen atoms in total. The van der Waals surface area contributed by atoms with Crippen LogP contribution in [0.3, 0.4) is 0 Å². The van der Waals surface area contributed by atoms with Crippen molar-refractivity contribution in [1.82, 2.24) is 5.16 Å². The molecule has 3 heteroatoms. The van der Waals surface area contributed by atoms with Crippen molar-refractivity contribution < 1.29 is 4.52 Å². The van der Waals surface area contributed by atoms with E-state index in [2.05, 4.69) is 5.16 Å². The summed E-state index contributed by atoms with van der Waals surface area (Å²) in [5, 5.41) is 3.79. The van der Waals surface area contributed by atoms with Gasteiger partial charge in [0, 0.05) is 6.07 Å². The molecule has 0 aliphatic carbocycles. The summed E-state index contributed by atoms with van der Waals surface area (Å²) < 4.78 is 4.86. The third kappa shape index (κ3) is 1.36. The van der Waals surface area contributed by atoms with Crippen molar-refractivity contribution in [2.75, 3.05) is 0 Å². The van der Waals surface area contributed by atoms with Crippen molar-refractivity contribution in [2.45, 2.75) is 26.3 Å². The standard InChI is InChI=1S/C7H12N2O/c1-3-6(8)7-4-5(2)10-9-7/h4,6H,3,8H2,1-2H3/t6-/m1/s1. The molecule has 0 radical (unpaired) electrons. The number of nitrogens with two attached hydrogens (primary N) is 1. The van der Waals surface area contributed by atoms with Crippen molar-refractivity contribution in [3.63, 3.8) is 0 Å². The van der Waals surface area contributed by atoms with Gasteiger partial charge in [-0.15, -0.1) is 0 Å². The quantitative estimate of drug-likeness (QED) is 0.675. The van der Waals surface area contributed by atoms with E-state index < -0.39 is 0 Å². The number of hydrogen-bond donors (Lipinski definition) is 1. The minimum absolute atomic E-state index is 0.0254. The fourth-order valence-electron chi connectivity index (χ4n) is 0.770. The van der Waals surface area contributed by atoms with E-state index in [4.69, 9.17) is 10.3 Å². The summed E-state index contributed by atoms with van der Waals surface area (Å²) in [5.41, 5.74) is 6.53. The van der Waals surface area contributed by atoms with Crippen molar-refractivity contribution in [2.24, 2.45) is 5.73 Å². The third-order valence-corrected chi connectivity index (χ3v) is 1.47. The van der Waals surface area contributed by atoms with Crippen molar-refractivity contribution in [3.8, 4) is 0 Å². The van der Waals surface area contributed by atoms with Gasteiger partial charge in [-0.3, -0.25) is 0 Å². The molecule has 0 aliphatic rings. The van der Waals surface area contributed by atoms with E-state index in [9.17, 15) is 0 Å². The molecular weight excluding hydrogens is 128 g/mol. The van der Waals surface area contributed by atoms with Crippen LogP contribution in [0, 0.1) is 6.92 Å². The van der Waals surface area contributed by atoms with Gasteiger partial charge in [0.1, 0.15) is 11.5 Å². The number of rotatable bonds is 2. The number of aryl methyl sites for hydroxylation is 1. The lowest BCUT2D eigenvalue weighted by molar-refractivity contribution is 0.384. The Morgan fingerprint density at radius 2 is 2.50 bits per heavy atom. The molecule has 0 unspecified atom stereocenters. The van der Waals surface area contributed by atoms with Crippen LogP contribution < -0.4 is 5.73 Å². The van der Waals surface area contributed by atoms with Gasteiger partial charge in [-0.2, -0.15) is 0 Å². The van der Waals surface area contributed by atoms with Crippen LogP contribution in [0.5, 0.6) is 0 Å². The number of hydrogen-bond acceptors (Lipinski definition) is 3. The van der Waals surface area contributed by atoms with Gasteiger partial charge in [0.25, 0.3) is 0 Å². The molecule has 0 aliphatic heterocycles. The van der Waals surface area contributed by atoms with E-state index >= 15 is 0 Å². The lowest BCUT2D eigenvalue weighted by Crippen LogP contribution is -2.08. The third-order valence-electron chi connectivity index (χ3n) is 1.47. The van der Waals surface area contributed by atoms with Crippen LogP contribution in [0.2, 0.25) is 0 Å². The van der Waals surface area contributed by atoms with Crippen LogP contribution in [0.1, 0.15) is 30.8 Å². The zero-order valence-electron chi connectivity index (χ0n) is 6.29. The average molecular weight is 140 g/mol. The first-order chi connectivity index (χ1) is 4.74. The fourth-order valence-corrected chi connectivity index (χ4v) is 0.770. The first-order valence-electron chi connectivity index (χ1n) is 3.43. The summed E-state index contributed by atoms with van der Waals surface area (Å²) in [4.78, 5) is 0. The SMILES string of the molecule is CC[C@@H](N)c1cc(C)on1. The molecule has 0 amide bonds. The van der Waals surface area contributed by atoms with Gasteiger partial charge in [-0.05, 0) is 13.3 Å². The predicted octanol–water partition coefficient (Wildman–Crippen LogP) is 1.39. The van der Waals surface area contributed by atoms with Crippen molar-refractivity contribution in [3.05, 3.63) is 17.5 Å². The van der Waals surface area contributed by atoms with Crippen LogP contribution in [0.4, 0.5) is 0 Å². The van der Waals surface area contributed by atoms with Crippen LogP contribution in [0.25, 0.3) is 0 Å². The molecular formula is C7H12N2O. The Labute approximate surface area is 60.2 Å². The highest BCUT2D eigenvalue weighted by Gasteiger charge is 2.06. The lowest BCUT2D eigenvalue weighted by Gasteiger charge is -2.00. The second-order valence-corrected chi connectivity index (χ2v) is 2.38. The van der Waals surface area contributed by atoms with Crippen LogP contribution in [-0.4, -0.2) is 5.16 Å². The van der Waals surface area contributed by atoms with E-state index in [1.807, 2.05) is 19.9 Å². The summed E-state index contributed by atoms with van der Waals surface area (Å²) in [6.07, 6.45) is 0.895. The van der Waals surface area contributed by atoms with Gasteiger partial charge in [0.2, 0.25) is 0 Å². The summed E-state index contributed by atoms with van der Waals surface area (Å²) in [7, 11) is 0. The van der Waals surface area contributed by atoms with E-state index in [0.29, 0.717) is 0 Å². The van der Waals surface area contributed by atoms with Crippen LogP contribution in [-0.2, 0) is 0 Å². The van der Waals surface area contributed by atoms with Crippen molar-refractivity contribution >= 4 is 0 Å². The first-order valence-corrected chi connectivity index (χ1v) is 3.43. The second-order valence-electron chi connectivity index (χ2n) is 2.38. The Bertz CT molecular complexity index is 207. The van der Waals surface area contributed by atoms with E-state index in [1.165, 1.54) is 0 Å². The number of aromatic nitrogens is 1. The molecule has 0 saturated heterocycles. The largest absolute Gasteiger partial charge is 0.361 e. The fraction of sp³-hybridized carbons (Fsp3) is 0.571. The molecule has 1 heterocycles. The molecule has 1 aromatic rings. The molecule has 0 fully saturated rings. The topological polar surface area (TPSA) is 52.0 Å². The Morgan fingerprint density at radius 1 is 1.80 bits per heavy atom. The Hall–Kier alpha value is -0.830. The van der Waals surface area contributed by atoms with Gasteiger partial charge in [0.05, 0.1) is 6.04 Å². The predicted molar refractivity (Wildman–Crippen MR) is 38.5 cm³/mol. The molecule has 2 N–H and O–H groups in total. The molecule has 0 spiro atoms. The highest BCUT2D eigenvalue weighted by atomic mass is 16.5. The van der Waals surface area contributed by atoms with E-state index in [0.717, 1.165) is 17.9 Å². The van der Waals surface area contributed by atoms with Gasteiger partial charge in [0.15, 0.2) is 0 Å². The Balaban J connectivity index is 2.74. The average Bonchev–Trinajstić information content (AvgIpc) is 2.34. The zero-order valence-corrected chi connectivity index (χ0v) is 6.29. The summed E-state index contributed by atoms with van der Waals surface area (Å²) in [6.45, 7) is 3.88. The molecule has 0 bridgehead atoms. The maximum atomic E-state index is 5.69. The van der Waals surface area contributed by atoms with E-state index in [-0.39, 0.29) is 6.04 Å². The van der Waals surface area contributed by atoms with Gasteiger partial charge in [-0.25, -0.2) is 0 Å². The summed E-state index contributed by atoms with van der Waals surface area (Å²) in [5.74, 6) is 0.818. The van der Waals surface area contributed by atoms with E-state index in [1.54, 1.807) is 0 Å². The maximum absolute atomic E-state index is 5.69. The molecule has 1 aromatic heterocycles. The van der Waals surface area contributed by atoms with Gasteiger partial charge < -0.3 is 10.3 Å². The van der Waals surface area contributed by atoms with Gasteiger partial charge in [-0.1, -0.05) is 12.1 Å². The normalized spacial score (nSPS) is 13.5. The molecule has 1 rings (SSSR count). The lowest BCUT2D eigenvalue weighted by atomic mass is 10.2. The minimum Gasteiger partial charge on any atom is -0.361 e. The molecule has 0 saturated carbocycles. The highest BCUT2D eigenvalue weighted by molar-refractivity contribution is 5.07. The summed E-state index contributed by atoms with van der Waals surface area (Å²) in [6, 6.07) is 1.89. The zero-order chi connectivity index (χ0) is 7.56. The Morgan fingerprint density at radius 3 is 2.90 bits per heavy atom. The summed E-state index contributed by atoms with van der Waals surface area (Å²) >= 11 is 0. The van der Waals surface area contributed by atoms with Crippen LogP contribution in [0.15, 0.2) is 10.6 Å². The molecule has 0 aromatic carbocycles. The number of nitrogens with zero attached hydrogens (tertiary/aromatic N) is 1. The molecule has 1 atom stereocenters. The van der Waals surface area contributed by atoms with Gasteiger partial charge >= 0.3 is 0 Å². The monoisotopic (exact) mass is 140 g/mol. The first kappa shape index (κ1) is 7.28. The Kier molecular flexibility index (Phi) is 2.06.